The van der Waals surface area contributed by atoms with Crippen LogP contribution in [0.3, 0.4) is 0 Å². The van der Waals surface area contributed by atoms with E-state index in [-0.39, 0.29) is 0 Å². The number of hydrogen-bond acceptors (Lipinski definition) is 2. The van der Waals surface area contributed by atoms with E-state index in [0.29, 0.717) is 42.3 Å². The normalized spacial score (nSPS) is 48.3. The van der Waals surface area contributed by atoms with E-state index in [0.717, 1.165) is 38.5 Å². The number of carbonyl (C=O) groups is 1. The number of terminal acetylenes is 2. The molecule has 0 bridgehead atoms. The molecule has 4 aliphatic carbocycles. The quantitative estimate of drug-likeness (QED) is 0.698. The lowest BCUT2D eigenvalue weighted by atomic mass is 9.50. The van der Waals surface area contributed by atoms with Crippen molar-refractivity contribution in [2.45, 2.75) is 57.0 Å². The topological polar surface area (TPSA) is 37.3 Å². The number of allylic oxidation sites excluding steroid dienone is 1. The third-order valence-electron chi connectivity index (χ3n) is 7.43. The minimum Gasteiger partial charge on any atom is -0.376 e. The van der Waals surface area contributed by atoms with Gasteiger partial charge in [0.25, 0.3) is 0 Å². The fourth-order valence-electron chi connectivity index (χ4n) is 6.38. The maximum Gasteiger partial charge on any atom is 0.155 e. The van der Waals surface area contributed by atoms with E-state index in [4.69, 9.17) is 12.8 Å². The van der Waals surface area contributed by atoms with Crippen LogP contribution in [0.25, 0.3) is 0 Å². The molecule has 4 rings (SSSR count). The lowest BCUT2D eigenvalue weighted by molar-refractivity contribution is -0.116. The van der Waals surface area contributed by atoms with Gasteiger partial charge in [-0.1, -0.05) is 17.4 Å². The third kappa shape index (κ3) is 1.85. The first-order valence-corrected chi connectivity index (χ1v) is 8.96. The molecule has 1 N–H and O–H groups in total. The first-order valence-electron chi connectivity index (χ1n) is 8.96. The van der Waals surface area contributed by atoms with Crippen molar-refractivity contribution in [2.24, 2.45) is 29.1 Å². The lowest BCUT2D eigenvalue weighted by Crippen LogP contribution is -2.53. The van der Waals surface area contributed by atoms with Gasteiger partial charge in [0, 0.05) is 6.42 Å². The van der Waals surface area contributed by atoms with Gasteiger partial charge in [-0.3, -0.25) is 4.79 Å². The Morgan fingerprint density at radius 2 is 1.87 bits per heavy atom. The van der Waals surface area contributed by atoms with Crippen LogP contribution in [0.5, 0.6) is 0 Å². The van der Waals surface area contributed by atoms with Crippen LogP contribution in [0.2, 0.25) is 0 Å². The smallest absolute Gasteiger partial charge is 0.155 e. The fourth-order valence-corrected chi connectivity index (χ4v) is 6.38. The van der Waals surface area contributed by atoms with Crippen molar-refractivity contribution in [1.82, 2.24) is 0 Å². The Kier molecular flexibility index (Phi) is 3.26. The molecule has 4 aliphatic rings. The fraction of sp³-hybridized carbons (Fsp3) is 0.667. The van der Waals surface area contributed by atoms with E-state index in [9.17, 15) is 9.90 Å². The standard InChI is InChI=1S/C21H24O2/c1-3-20-11-9-17-16-8-6-15(22)13-14(16)5-7-18(17)19(20)10-12-21(20,23)4-2/h1-2,13,16-19,23H,5-12H2/t16-,17+,18+,19-,20-,21-/m0/s1. The second-order valence-corrected chi connectivity index (χ2v) is 8.00. The van der Waals surface area contributed by atoms with Crippen molar-refractivity contribution in [3.63, 3.8) is 0 Å². The first kappa shape index (κ1) is 15.0. The summed E-state index contributed by atoms with van der Waals surface area (Å²) in [5.41, 5.74) is -0.286. The molecular weight excluding hydrogens is 284 g/mol. The van der Waals surface area contributed by atoms with E-state index >= 15 is 0 Å². The van der Waals surface area contributed by atoms with Crippen molar-refractivity contribution in [2.75, 3.05) is 0 Å². The summed E-state index contributed by atoms with van der Waals surface area (Å²) in [4.78, 5) is 11.7. The first-order chi connectivity index (χ1) is 11.0. The van der Waals surface area contributed by atoms with E-state index < -0.39 is 11.0 Å². The van der Waals surface area contributed by atoms with Gasteiger partial charge in [-0.2, -0.15) is 0 Å². The molecule has 23 heavy (non-hydrogen) atoms. The highest BCUT2D eigenvalue weighted by atomic mass is 16.3. The molecule has 0 spiro atoms. The third-order valence-corrected chi connectivity index (χ3v) is 7.43. The summed E-state index contributed by atoms with van der Waals surface area (Å²) < 4.78 is 0. The molecule has 0 aromatic heterocycles. The molecule has 0 heterocycles. The minimum absolute atomic E-state index is 0.297. The van der Waals surface area contributed by atoms with Crippen molar-refractivity contribution in [3.8, 4) is 24.7 Å². The molecule has 3 saturated carbocycles. The van der Waals surface area contributed by atoms with Crippen LogP contribution < -0.4 is 0 Å². The van der Waals surface area contributed by atoms with Gasteiger partial charge in [-0.05, 0) is 74.7 Å². The summed E-state index contributed by atoms with van der Waals surface area (Å²) in [7, 11) is 0. The van der Waals surface area contributed by atoms with Crippen molar-refractivity contribution in [3.05, 3.63) is 11.6 Å². The Morgan fingerprint density at radius 3 is 2.61 bits per heavy atom. The summed E-state index contributed by atoms with van der Waals surface area (Å²) in [6, 6.07) is 0. The molecule has 0 amide bonds. The molecule has 6 atom stereocenters. The SMILES string of the molecule is C#C[C@]12CC[C@H]3[C@@H](CCC4=CC(=O)CC[C@@H]43)[C@@H]1CC[C@@]2(O)C#C. The molecule has 0 unspecified atom stereocenters. The Hall–Kier alpha value is -1.51. The van der Waals surface area contributed by atoms with Crippen LogP contribution in [0.15, 0.2) is 11.6 Å². The Balaban J connectivity index is 1.69. The van der Waals surface area contributed by atoms with Gasteiger partial charge < -0.3 is 5.11 Å². The number of hydrogen-bond donors (Lipinski definition) is 1. The number of rotatable bonds is 0. The van der Waals surface area contributed by atoms with Crippen molar-refractivity contribution in [1.29, 1.82) is 0 Å². The zero-order valence-corrected chi connectivity index (χ0v) is 13.6. The highest BCUT2D eigenvalue weighted by molar-refractivity contribution is 5.91. The monoisotopic (exact) mass is 308 g/mol. The number of fused-ring (bicyclic) bond motifs is 5. The van der Waals surface area contributed by atoms with Gasteiger partial charge in [0.05, 0.1) is 5.41 Å². The van der Waals surface area contributed by atoms with Gasteiger partial charge in [0.2, 0.25) is 0 Å². The van der Waals surface area contributed by atoms with Crippen LogP contribution in [0.1, 0.15) is 51.4 Å². The highest BCUT2D eigenvalue weighted by Crippen LogP contribution is 2.64. The van der Waals surface area contributed by atoms with Crippen molar-refractivity contribution < 1.29 is 9.90 Å². The molecule has 0 radical (unpaired) electrons. The summed E-state index contributed by atoms with van der Waals surface area (Å²) in [6.45, 7) is 0. The number of ketones is 1. The van der Waals surface area contributed by atoms with Crippen LogP contribution >= 0.6 is 0 Å². The molecule has 0 aromatic carbocycles. The summed E-state index contributed by atoms with van der Waals surface area (Å²) >= 11 is 0. The largest absolute Gasteiger partial charge is 0.376 e. The molecule has 2 nitrogen and oxygen atoms in total. The molecule has 3 fully saturated rings. The predicted molar refractivity (Wildman–Crippen MR) is 89.0 cm³/mol. The average Bonchev–Trinajstić information content (AvgIpc) is 2.88. The van der Waals surface area contributed by atoms with Crippen LogP contribution in [0, 0.1) is 53.8 Å². The molecule has 120 valence electrons. The van der Waals surface area contributed by atoms with E-state index in [1.165, 1.54) is 5.57 Å². The second kappa shape index (κ2) is 4.99. The van der Waals surface area contributed by atoms with Gasteiger partial charge in [0.1, 0.15) is 5.60 Å². The summed E-state index contributed by atoms with van der Waals surface area (Å²) in [5.74, 6) is 7.98. The van der Waals surface area contributed by atoms with E-state index in [1.807, 2.05) is 6.08 Å². The zero-order chi connectivity index (χ0) is 16.2. The van der Waals surface area contributed by atoms with Crippen LogP contribution in [0.4, 0.5) is 0 Å². The summed E-state index contributed by atoms with van der Waals surface area (Å²) in [5, 5.41) is 11.0. The molecule has 0 aromatic rings. The Bertz CT molecular complexity index is 660. The minimum atomic E-state index is -1.13. The summed E-state index contributed by atoms with van der Waals surface area (Å²) in [6.07, 6.45) is 20.8. The van der Waals surface area contributed by atoms with Crippen LogP contribution in [-0.2, 0) is 4.79 Å². The maximum atomic E-state index is 11.7. The highest BCUT2D eigenvalue weighted by Gasteiger charge is 2.63. The van der Waals surface area contributed by atoms with Gasteiger partial charge in [0.15, 0.2) is 5.78 Å². The zero-order valence-electron chi connectivity index (χ0n) is 13.6. The van der Waals surface area contributed by atoms with E-state index in [1.54, 1.807) is 0 Å². The predicted octanol–water partition coefficient (Wildman–Crippen LogP) is 3.11. The maximum absolute atomic E-state index is 11.7. The van der Waals surface area contributed by atoms with E-state index in [2.05, 4.69) is 11.8 Å². The Morgan fingerprint density at radius 1 is 1.04 bits per heavy atom. The van der Waals surface area contributed by atoms with Crippen molar-refractivity contribution >= 4 is 5.78 Å². The lowest BCUT2D eigenvalue weighted by Gasteiger charge is -2.54. The van der Waals surface area contributed by atoms with Gasteiger partial charge >= 0.3 is 0 Å². The Labute approximate surface area is 138 Å². The average molecular weight is 308 g/mol. The molecule has 0 aliphatic heterocycles. The number of aliphatic hydroxyl groups is 1. The van der Waals surface area contributed by atoms with Crippen LogP contribution in [-0.4, -0.2) is 16.5 Å². The van der Waals surface area contributed by atoms with Gasteiger partial charge in [-0.15, -0.1) is 12.8 Å². The molecule has 0 saturated heterocycles. The second-order valence-electron chi connectivity index (χ2n) is 8.00. The number of carbonyl (C=O) groups excluding carboxylic acids is 1. The molecular formula is C21H24O2. The molecule has 2 heteroatoms. The van der Waals surface area contributed by atoms with Gasteiger partial charge in [-0.25, -0.2) is 0 Å².